The Bertz CT molecular complexity index is 319. The molecule has 0 fully saturated rings. The monoisotopic (exact) mass is 312 g/mol. The van der Waals surface area contributed by atoms with Crippen molar-refractivity contribution >= 4 is 17.8 Å². The van der Waals surface area contributed by atoms with E-state index in [0.717, 1.165) is 38.5 Å². The zero-order chi connectivity index (χ0) is 15.6. The highest BCUT2D eigenvalue weighted by Gasteiger charge is 2.00. The molecule has 0 aliphatic rings. The largest absolute Gasteiger partial charge is 0.348 e. The molecule has 0 heterocycles. The van der Waals surface area contributed by atoms with Crippen LogP contribution >= 0.6 is 11.9 Å². The Kier molecular flexibility index (Phi) is 16.2. The normalized spacial score (nSPS) is 11.9. The highest BCUT2D eigenvalue weighted by molar-refractivity contribution is 6.13. The molecule has 0 aliphatic heterocycles. The molecule has 120 valence electrons. The van der Waals surface area contributed by atoms with E-state index in [-0.39, 0.29) is 5.97 Å². The van der Waals surface area contributed by atoms with Gasteiger partial charge >= 0.3 is 5.97 Å². The maximum atomic E-state index is 10.8. The fraction of sp³-hybridized carbons (Fsp3) is 0.611. The van der Waals surface area contributed by atoms with E-state index in [4.69, 9.17) is 11.9 Å². The van der Waals surface area contributed by atoms with Crippen LogP contribution in [-0.2, 0) is 9.08 Å². The van der Waals surface area contributed by atoms with Crippen molar-refractivity contribution in [1.82, 2.24) is 0 Å². The molecule has 0 N–H and O–H groups in total. The van der Waals surface area contributed by atoms with Gasteiger partial charge in [0.25, 0.3) is 0 Å². The summed E-state index contributed by atoms with van der Waals surface area (Å²) in [6.07, 6.45) is 23.6. The summed E-state index contributed by atoms with van der Waals surface area (Å²) in [4.78, 5) is 10.8. The van der Waals surface area contributed by atoms with Crippen molar-refractivity contribution in [3.05, 3.63) is 36.5 Å². The van der Waals surface area contributed by atoms with Crippen molar-refractivity contribution in [2.75, 3.05) is 0 Å². The van der Waals surface area contributed by atoms with Gasteiger partial charge in [0, 0.05) is 6.42 Å². The van der Waals surface area contributed by atoms with E-state index in [1.165, 1.54) is 19.3 Å². The fourth-order valence-corrected chi connectivity index (χ4v) is 2.00. The van der Waals surface area contributed by atoms with Gasteiger partial charge in [-0.25, -0.2) is 0 Å². The molecule has 0 saturated heterocycles. The second-order valence-electron chi connectivity index (χ2n) is 5.05. The van der Waals surface area contributed by atoms with Crippen molar-refractivity contribution in [2.24, 2.45) is 0 Å². The predicted octanol–water partition coefficient (Wildman–Crippen LogP) is 6.27. The molecule has 0 aromatic heterocycles. The van der Waals surface area contributed by atoms with E-state index < -0.39 is 0 Å². The van der Waals surface area contributed by atoms with E-state index in [0.29, 0.717) is 6.42 Å². The lowest BCUT2D eigenvalue weighted by molar-refractivity contribution is -0.134. The van der Waals surface area contributed by atoms with E-state index in [2.05, 4.69) is 47.7 Å². The summed E-state index contributed by atoms with van der Waals surface area (Å²) in [5.74, 6) is -0.321. The number of hydrogen-bond donors (Lipinski definition) is 0. The maximum Gasteiger partial charge on any atom is 0.324 e. The molecule has 0 aromatic carbocycles. The summed E-state index contributed by atoms with van der Waals surface area (Å²) < 4.78 is 4.08. The molecule has 0 radical (unpaired) electrons. The van der Waals surface area contributed by atoms with Gasteiger partial charge in [-0.2, -0.15) is 0 Å². The Morgan fingerprint density at radius 3 is 2.10 bits per heavy atom. The van der Waals surface area contributed by atoms with E-state index >= 15 is 0 Å². The maximum absolute atomic E-state index is 10.8. The number of carbonyl (C=O) groups excluding carboxylic acids is 1. The standard InChI is InChI=1S/C18H29ClO2/c1-2-3-4-5-6-7-8-9-10-11-12-13-14-15-16-17-18(20)21-19/h3-4,6-7,9-10H,2,5,8,11-17H2,1H3/b4-3-,7-6-,10-9-. The summed E-state index contributed by atoms with van der Waals surface area (Å²) in [6.45, 7) is 2.15. The number of carbonyl (C=O) groups is 1. The van der Waals surface area contributed by atoms with Gasteiger partial charge in [0.1, 0.15) is 11.9 Å². The molecule has 0 saturated carbocycles. The summed E-state index contributed by atoms with van der Waals surface area (Å²) in [5.41, 5.74) is 0. The van der Waals surface area contributed by atoms with Crippen LogP contribution in [0.2, 0.25) is 0 Å². The zero-order valence-electron chi connectivity index (χ0n) is 13.2. The molecule has 0 rings (SSSR count). The van der Waals surface area contributed by atoms with E-state index in [1.807, 2.05) is 0 Å². The van der Waals surface area contributed by atoms with Crippen molar-refractivity contribution in [3.8, 4) is 0 Å². The first-order chi connectivity index (χ1) is 10.3. The number of halogens is 1. The third-order valence-corrected chi connectivity index (χ3v) is 3.29. The molecule has 0 aromatic rings. The quantitative estimate of drug-likeness (QED) is 0.296. The van der Waals surface area contributed by atoms with Crippen LogP contribution in [0.5, 0.6) is 0 Å². The lowest BCUT2D eigenvalue weighted by Crippen LogP contribution is -1.95. The highest BCUT2D eigenvalue weighted by atomic mass is 35.5. The number of hydrogen-bond acceptors (Lipinski definition) is 2. The van der Waals surface area contributed by atoms with E-state index in [9.17, 15) is 4.79 Å². The molecule has 21 heavy (non-hydrogen) atoms. The number of rotatable bonds is 13. The first kappa shape index (κ1) is 20.0. The highest BCUT2D eigenvalue weighted by Crippen LogP contribution is 2.08. The molecule has 0 aliphatic carbocycles. The summed E-state index contributed by atoms with van der Waals surface area (Å²) in [5, 5.41) is 0. The molecule has 0 amide bonds. The smallest absolute Gasteiger partial charge is 0.324 e. The lowest BCUT2D eigenvalue weighted by atomic mass is 10.1. The van der Waals surface area contributed by atoms with Gasteiger partial charge in [-0.05, 0) is 38.5 Å². The SMILES string of the molecule is CC/C=C\C/C=C\C/C=C\CCCCCCCC(=O)OCl. The summed E-state index contributed by atoms with van der Waals surface area (Å²) in [6, 6.07) is 0. The Hall–Kier alpha value is -1.02. The Labute approximate surface area is 135 Å². The van der Waals surface area contributed by atoms with Crippen molar-refractivity contribution in [3.63, 3.8) is 0 Å². The average molecular weight is 313 g/mol. The Balaban J connectivity index is 3.25. The molecule has 0 spiro atoms. The van der Waals surface area contributed by atoms with Crippen LogP contribution in [0.15, 0.2) is 36.5 Å². The van der Waals surface area contributed by atoms with Gasteiger partial charge in [-0.3, -0.25) is 4.79 Å². The third-order valence-electron chi connectivity index (χ3n) is 3.12. The molecule has 0 unspecified atom stereocenters. The molecule has 0 bridgehead atoms. The molecule has 0 atom stereocenters. The minimum absolute atomic E-state index is 0.321. The van der Waals surface area contributed by atoms with Crippen LogP contribution in [0.1, 0.15) is 71.1 Å². The van der Waals surface area contributed by atoms with Crippen LogP contribution in [0.25, 0.3) is 0 Å². The van der Waals surface area contributed by atoms with Crippen molar-refractivity contribution in [2.45, 2.75) is 71.1 Å². The van der Waals surface area contributed by atoms with Gasteiger partial charge in [0.2, 0.25) is 0 Å². The zero-order valence-corrected chi connectivity index (χ0v) is 14.0. The summed E-state index contributed by atoms with van der Waals surface area (Å²) >= 11 is 4.95. The van der Waals surface area contributed by atoms with Crippen LogP contribution in [-0.4, -0.2) is 5.97 Å². The van der Waals surface area contributed by atoms with E-state index in [1.54, 1.807) is 0 Å². The fourth-order valence-electron chi connectivity index (χ4n) is 1.93. The Morgan fingerprint density at radius 2 is 1.43 bits per heavy atom. The van der Waals surface area contributed by atoms with Gasteiger partial charge < -0.3 is 4.29 Å². The summed E-state index contributed by atoms with van der Waals surface area (Å²) in [7, 11) is 0. The number of allylic oxidation sites excluding steroid dienone is 6. The minimum atomic E-state index is -0.321. The first-order valence-electron chi connectivity index (χ1n) is 8.07. The topological polar surface area (TPSA) is 26.3 Å². The molecule has 3 heteroatoms. The molecular formula is C18H29ClO2. The Morgan fingerprint density at radius 1 is 0.857 bits per heavy atom. The lowest BCUT2D eigenvalue weighted by Gasteiger charge is -1.98. The number of unbranched alkanes of at least 4 members (excludes halogenated alkanes) is 5. The second-order valence-corrected chi connectivity index (χ2v) is 5.20. The molecular weight excluding hydrogens is 284 g/mol. The van der Waals surface area contributed by atoms with Crippen LogP contribution in [0.3, 0.4) is 0 Å². The average Bonchev–Trinajstić information content (AvgIpc) is 2.50. The van der Waals surface area contributed by atoms with Gasteiger partial charge in [-0.15, -0.1) is 0 Å². The first-order valence-corrected chi connectivity index (χ1v) is 8.38. The molecule has 2 nitrogen and oxygen atoms in total. The van der Waals surface area contributed by atoms with Crippen LogP contribution in [0, 0.1) is 0 Å². The van der Waals surface area contributed by atoms with Crippen molar-refractivity contribution in [1.29, 1.82) is 0 Å². The van der Waals surface area contributed by atoms with Gasteiger partial charge in [0.05, 0.1) is 0 Å². The predicted molar refractivity (Wildman–Crippen MR) is 91.2 cm³/mol. The van der Waals surface area contributed by atoms with Crippen molar-refractivity contribution < 1.29 is 9.08 Å². The van der Waals surface area contributed by atoms with Crippen LogP contribution < -0.4 is 0 Å². The van der Waals surface area contributed by atoms with Gasteiger partial charge in [-0.1, -0.05) is 62.6 Å². The second kappa shape index (κ2) is 17.0. The minimum Gasteiger partial charge on any atom is -0.348 e. The van der Waals surface area contributed by atoms with Crippen LogP contribution in [0.4, 0.5) is 0 Å². The third kappa shape index (κ3) is 16.9. The van der Waals surface area contributed by atoms with Gasteiger partial charge in [0.15, 0.2) is 0 Å².